The van der Waals surface area contributed by atoms with Crippen LogP contribution in [0.4, 0.5) is 0 Å². The van der Waals surface area contributed by atoms with Gasteiger partial charge in [-0.2, -0.15) is 0 Å². The zero-order valence-electron chi connectivity index (χ0n) is 19.0. The molecule has 3 aromatic rings. The standard InChI is InChI=1S/C29H35NO2/c1-30-18-16-23(17-19-30)22-12-14-25(15-13-22)29(26-9-5-10-27(32)21-26)28(11-6-20-31)24-7-3-2-4-8-24/h2-5,7-10,12-15,21,23,28-29,31-32H,6,11,16-20H2,1H3. The Bertz CT molecular complexity index is 962. The van der Waals surface area contributed by atoms with Gasteiger partial charge in [0, 0.05) is 12.5 Å². The summed E-state index contributed by atoms with van der Waals surface area (Å²) in [5, 5.41) is 19.8. The number of aliphatic hydroxyl groups excluding tert-OH is 1. The van der Waals surface area contributed by atoms with E-state index in [1.165, 1.54) is 29.5 Å². The zero-order chi connectivity index (χ0) is 22.3. The van der Waals surface area contributed by atoms with E-state index in [9.17, 15) is 10.2 Å². The summed E-state index contributed by atoms with van der Waals surface area (Å²) in [7, 11) is 2.20. The number of aliphatic hydroxyl groups is 1. The normalized spacial score (nSPS) is 17.2. The van der Waals surface area contributed by atoms with Gasteiger partial charge in [0.15, 0.2) is 0 Å². The largest absolute Gasteiger partial charge is 0.508 e. The topological polar surface area (TPSA) is 43.7 Å². The van der Waals surface area contributed by atoms with Crippen LogP contribution in [0, 0.1) is 0 Å². The average Bonchev–Trinajstić information content (AvgIpc) is 2.83. The Hall–Kier alpha value is -2.62. The Kier molecular flexibility index (Phi) is 7.62. The molecule has 32 heavy (non-hydrogen) atoms. The third kappa shape index (κ3) is 5.40. The fraction of sp³-hybridized carbons (Fsp3) is 0.379. The van der Waals surface area contributed by atoms with Crippen LogP contribution in [0.1, 0.15) is 65.7 Å². The molecule has 0 radical (unpaired) electrons. The van der Waals surface area contributed by atoms with Crippen molar-refractivity contribution >= 4 is 0 Å². The second-order valence-electron chi connectivity index (χ2n) is 9.20. The van der Waals surface area contributed by atoms with Gasteiger partial charge in [0.2, 0.25) is 0 Å². The van der Waals surface area contributed by atoms with E-state index in [-0.39, 0.29) is 18.4 Å². The highest BCUT2D eigenvalue weighted by Crippen LogP contribution is 2.42. The molecule has 3 heteroatoms. The molecule has 2 unspecified atom stereocenters. The van der Waals surface area contributed by atoms with Crippen LogP contribution in [-0.2, 0) is 0 Å². The molecule has 4 rings (SSSR count). The maximum absolute atomic E-state index is 10.2. The minimum Gasteiger partial charge on any atom is -0.508 e. The number of aromatic hydroxyl groups is 1. The maximum Gasteiger partial charge on any atom is 0.115 e. The number of benzene rings is 3. The molecule has 1 fully saturated rings. The van der Waals surface area contributed by atoms with Crippen molar-refractivity contribution in [1.29, 1.82) is 0 Å². The lowest BCUT2D eigenvalue weighted by molar-refractivity contribution is 0.255. The summed E-state index contributed by atoms with van der Waals surface area (Å²) in [6.07, 6.45) is 4.07. The Morgan fingerprint density at radius 2 is 1.53 bits per heavy atom. The second kappa shape index (κ2) is 10.8. The van der Waals surface area contributed by atoms with E-state index in [0.717, 1.165) is 31.5 Å². The summed E-state index contributed by atoms with van der Waals surface area (Å²) >= 11 is 0. The number of rotatable bonds is 8. The van der Waals surface area contributed by atoms with Gasteiger partial charge in [-0.1, -0.05) is 66.7 Å². The third-order valence-electron chi connectivity index (χ3n) is 7.02. The quantitative estimate of drug-likeness (QED) is 0.469. The van der Waals surface area contributed by atoms with Gasteiger partial charge in [0.25, 0.3) is 0 Å². The van der Waals surface area contributed by atoms with Gasteiger partial charge in [-0.15, -0.1) is 0 Å². The van der Waals surface area contributed by atoms with Crippen molar-refractivity contribution in [3.63, 3.8) is 0 Å². The first-order valence-electron chi connectivity index (χ1n) is 11.9. The smallest absolute Gasteiger partial charge is 0.115 e. The Balaban J connectivity index is 1.70. The van der Waals surface area contributed by atoms with Gasteiger partial charge in [0.1, 0.15) is 5.75 Å². The first kappa shape index (κ1) is 22.6. The fourth-order valence-electron chi connectivity index (χ4n) is 5.23. The highest BCUT2D eigenvalue weighted by Gasteiger charge is 2.27. The molecule has 0 bridgehead atoms. The highest BCUT2D eigenvalue weighted by atomic mass is 16.3. The number of piperidine rings is 1. The molecule has 3 nitrogen and oxygen atoms in total. The summed E-state index contributed by atoms with van der Waals surface area (Å²) in [6, 6.07) is 27.5. The first-order chi connectivity index (χ1) is 15.7. The Morgan fingerprint density at radius 1 is 0.844 bits per heavy atom. The van der Waals surface area contributed by atoms with Crippen molar-refractivity contribution in [3.8, 4) is 5.75 Å². The number of hydrogen-bond acceptors (Lipinski definition) is 3. The lowest BCUT2D eigenvalue weighted by Crippen LogP contribution is -2.29. The Morgan fingerprint density at radius 3 is 2.19 bits per heavy atom. The predicted molar refractivity (Wildman–Crippen MR) is 131 cm³/mol. The number of hydrogen-bond donors (Lipinski definition) is 2. The number of phenols is 1. The van der Waals surface area contributed by atoms with Crippen molar-refractivity contribution in [2.75, 3.05) is 26.7 Å². The molecule has 0 spiro atoms. The molecule has 1 saturated heterocycles. The van der Waals surface area contributed by atoms with Crippen molar-refractivity contribution in [1.82, 2.24) is 4.90 Å². The molecule has 0 aliphatic carbocycles. The van der Waals surface area contributed by atoms with Crippen LogP contribution >= 0.6 is 0 Å². The van der Waals surface area contributed by atoms with Gasteiger partial charge in [-0.25, -0.2) is 0 Å². The summed E-state index contributed by atoms with van der Waals surface area (Å²) in [5.41, 5.74) is 5.08. The van der Waals surface area contributed by atoms with Crippen LogP contribution in [0.3, 0.4) is 0 Å². The molecule has 3 aromatic carbocycles. The van der Waals surface area contributed by atoms with Gasteiger partial charge in [-0.05, 0) is 92.0 Å². The molecule has 2 N–H and O–H groups in total. The average molecular weight is 430 g/mol. The van der Waals surface area contributed by atoms with Gasteiger partial charge < -0.3 is 15.1 Å². The molecule has 0 saturated carbocycles. The Labute approximate surface area is 192 Å². The maximum atomic E-state index is 10.2. The van der Waals surface area contributed by atoms with Crippen molar-refractivity contribution in [2.45, 2.75) is 43.4 Å². The van der Waals surface area contributed by atoms with Crippen molar-refractivity contribution < 1.29 is 10.2 Å². The summed E-state index contributed by atoms with van der Waals surface area (Å²) in [4.78, 5) is 2.41. The monoisotopic (exact) mass is 429 g/mol. The van der Waals surface area contributed by atoms with Crippen LogP contribution in [0.25, 0.3) is 0 Å². The number of phenolic OH excluding ortho intramolecular Hbond substituents is 1. The lowest BCUT2D eigenvalue weighted by atomic mass is 9.74. The molecule has 168 valence electrons. The van der Waals surface area contributed by atoms with E-state index in [1.54, 1.807) is 6.07 Å². The molecule has 1 aliphatic heterocycles. The minimum absolute atomic E-state index is 0.114. The van der Waals surface area contributed by atoms with E-state index < -0.39 is 0 Å². The van der Waals surface area contributed by atoms with E-state index in [0.29, 0.717) is 11.7 Å². The first-order valence-corrected chi connectivity index (χ1v) is 11.9. The van der Waals surface area contributed by atoms with Crippen LogP contribution in [0.15, 0.2) is 78.9 Å². The molecule has 1 heterocycles. The summed E-state index contributed by atoms with van der Waals surface area (Å²) < 4.78 is 0. The van der Waals surface area contributed by atoms with E-state index in [2.05, 4.69) is 66.5 Å². The van der Waals surface area contributed by atoms with Crippen LogP contribution in [-0.4, -0.2) is 41.9 Å². The molecular weight excluding hydrogens is 394 g/mol. The van der Waals surface area contributed by atoms with Crippen LogP contribution in [0.2, 0.25) is 0 Å². The molecule has 0 aromatic heterocycles. The highest BCUT2D eigenvalue weighted by molar-refractivity contribution is 5.42. The number of nitrogens with zero attached hydrogens (tertiary/aromatic N) is 1. The van der Waals surface area contributed by atoms with Crippen molar-refractivity contribution in [2.24, 2.45) is 0 Å². The summed E-state index contributed by atoms with van der Waals surface area (Å²) in [5.74, 6) is 1.27. The lowest BCUT2D eigenvalue weighted by Gasteiger charge is -2.31. The van der Waals surface area contributed by atoms with Crippen molar-refractivity contribution in [3.05, 3.63) is 101 Å². The fourth-order valence-corrected chi connectivity index (χ4v) is 5.23. The third-order valence-corrected chi connectivity index (χ3v) is 7.02. The minimum atomic E-state index is 0.114. The van der Waals surface area contributed by atoms with E-state index >= 15 is 0 Å². The van der Waals surface area contributed by atoms with E-state index in [1.807, 2.05) is 18.2 Å². The zero-order valence-corrected chi connectivity index (χ0v) is 19.0. The van der Waals surface area contributed by atoms with Crippen LogP contribution in [0.5, 0.6) is 5.75 Å². The summed E-state index contributed by atoms with van der Waals surface area (Å²) in [6.45, 7) is 2.51. The van der Waals surface area contributed by atoms with E-state index in [4.69, 9.17) is 0 Å². The van der Waals surface area contributed by atoms with Gasteiger partial charge >= 0.3 is 0 Å². The predicted octanol–water partition coefficient (Wildman–Crippen LogP) is 5.89. The van der Waals surface area contributed by atoms with Crippen LogP contribution < -0.4 is 0 Å². The van der Waals surface area contributed by atoms with Gasteiger partial charge in [-0.3, -0.25) is 0 Å². The molecule has 1 aliphatic rings. The van der Waals surface area contributed by atoms with Gasteiger partial charge in [0.05, 0.1) is 0 Å². The molecule has 2 atom stereocenters. The molecular formula is C29H35NO2. The second-order valence-corrected chi connectivity index (χ2v) is 9.20. The SMILES string of the molecule is CN1CCC(c2ccc(C(c3cccc(O)c3)C(CCCO)c3ccccc3)cc2)CC1. The number of likely N-dealkylation sites (tertiary alicyclic amines) is 1. The molecule has 0 amide bonds.